The fourth-order valence-electron chi connectivity index (χ4n) is 2.15. The first kappa shape index (κ1) is 16.7. The second kappa shape index (κ2) is 6.73. The maximum atomic E-state index is 12.3. The Morgan fingerprint density at radius 2 is 1.88 bits per heavy atom. The molecule has 2 aromatic heterocycles. The topological polar surface area (TPSA) is 117 Å². The SMILES string of the molecule is CS(=O)(=O)Nc1cccc(NC(=O)c2ncc(-c3ccccn3)[nH]2)c1. The van der Waals surface area contributed by atoms with Crippen LogP contribution in [0.1, 0.15) is 10.6 Å². The van der Waals surface area contributed by atoms with Crippen molar-refractivity contribution in [2.24, 2.45) is 0 Å². The number of anilines is 2. The van der Waals surface area contributed by atoms with E-state index >= 15 is 0 Å². The highest BCUT2D eigenvalue weighted by Crippen LogP contribution is 2.18. The van der Waals surface area contributed by atoms with E-state index in [1.54, 1.807) is 36.5 Å². The predicted molar refractivity (Wildman–Crippen MR) is 94.7 cm³/mol. The van der Waals surface area contributed by atoms with E-state index in [1.807, 2.05) is 6.07 Å². The summed E-state index contributed by atoms with van der Waals surface area (Å²) in [6.45, 7) is 0. The van der Waals surface area contributed by atoms with Gasteiger partial charge in [-0.2, -0.15) is 0 Å². The van der Waals surface area contributed by atoms with Crippen molar-refractivity contribution >= 4 is 27.3 Å². The van der Waals surface area contributed by atoms with E-state index in [0.29, 0.717) is 22.8 Å². The Morgan fingerprint density at radius 3 is 2.60 bits per heavy atom. The Bertz CT molecular complexity index is 999. The second-order valence-electron chi connectivity index (χ2n) is 5.27. The average Bonchev–Trinajstić information content (AvgIpc) is 3.04. The van der Waals surface area contributed by atoms with E-state index in [1.165, 1.54) is 12.3 Å². The maximum Gasteiger partial charge on any atom is 0.291 e. The molecule has 0 bridgehead atoms. The highest BCUT2D eigenvalue weighted by molar-refractivity contribution is 7.92. The summed E-state index contributed by atoms with van der Waals surface area (Å²) in [5.74, 6) is -0.319. The lowest BCUT2D eigenvalue weighted by Crippen LogP contribution is -2.14. The van der Waals surface area contributed by atoms with Crippen LogP contribution >= 0.6 is 0 Å². The Morgan fingerprint density at radius 1 is 1.08 bits per heavy atom. The molecule has 3 N–H and O–H groups in total. The minimum atomic E-state index is -3.39. The third-order valence-corrected chi connectivity index (χ3v) is 3.76. The van der Waals surface area contributed by atoms with Crippen molar-refractivity contribution < 1.29 is 13.2 Å². The molecule has 0 atom stereocenters. The van der Waals surface area contributed by atoms with Crippen LogP contribution in [0, 0.1) is 0 Å². The van der Waals surface area contributed by atoms with Gasteiger partial charge in [0.2, 0.25) is 10.0 Å². The third kappa shape index (κ3) is 4.42. The van der Waals surface area contributed by atoms with Gasteiger partial charge in [0.1, 0.15) is 0 Å². The number of amides is 1. The third-order valence-electron chi connectivity index (χ3n) is 3.16. The molecule has 1 amide bonds. The van der Waals surface area contributed by atoms with E-state index in [0.717, 1.165) is 6.26 Å². The molecule has 3 aromatic rings. The number of carbonyl (C=O) groups is 1. The molecular weight excluding hydrogens is 342 g/mol. The van der Waals surface area contributed by atoms with Crippen molar-refractivity contribution in [2.75, 3.05) is 16.3 Å². The number of carbonyl (C=O) groups excluding carboxylic acids is 1. The molecule has 0 spiro atoms. The Labute approximate surface area is 144 Å². The summed E-state index contributed by atoms with van der Waals surface area (Å²) in [6.07, 6.45) is 4.23. The monoisotopic (exact) mass is 357 g/mol. The van der Waals surface area contributed by atoms with Gasteiger partial charge in [-0.15, -0.1) is 0 Å². The maximum absolute atomic E-state index is 12.3. The zero-order valence-corrected chi connectivity index (χ0v) is 14.0. The number of aromatic nitrogens is 3. The first-order valence-electron chi connectivity index (χ1n) is 7.26. The molecule has 0 aliphatic carbocycles. The van der Waals surface area contributed by atoms with Gasteiger partial charge in [-0.1, -0.05) is 12.1 Å². The van der Waals surface area contributed by atoms with Crippen LogP contribution in [0.2, 0.25) is 0 Å². The van der Waals surface area contributed by atoms with Crippen LogP contribution in [0.4, 0.5) is 11.4 Å². The summed E-state index contributed by atoms with van der Waals surface area (Å²) in [7, 11) is -3.39. The van der Waals surface area contributed by atoms with E-state index in [4.69, 9.17) is 0 Å². The van der Waals surface area contributed by atoms with Gasteiger partial charge in [-0.05, 0) is 30.3 Å². The molecule has 0 aliphatic rings. The Kier molecular flexibility index (Phi) is 4.48. The lowest BCUT2D eigenvalue weighted by Gasteiger charge is -2.07. The van der Waals surface area contributed by atoms with Gasteiger partial charge in [-0.25, -0.2) is 13.4 Å². The summed E-state index contributed by atoms with van der Waals surface area (Å²) in [6, 6.07) is 11.8. The quantitative estimate of drug-likeness (QED) is 0.646. The minimum absolute atomic E-state index is 0.127. The van der Waals surface area contributed by atoms with Crippen molar-refractivity contribution in [1.29, 1.82) is 0 Å². The molecule has 2 heterocycles. The fraction of sp³-hybridized carbons (Fsp3) is 0.0625. The second-order valence-corrected chi connectivity index (χ2v) is 7.02. The molecular formula is C16H15N5O3S. The smallest absolute Gasteiger partial charge is 0.291 e. The van der Waals surface area contributed by atoms with Crippen molar-refractivity contribution in [3.8, 4) is 11.4 Å². The van der Waals surface area contributed by atoms with E-state index in [2.05, 4.69) is 25.0 Å². The summed E-state index contributed by atoms with van der Waals surface area (Å²) in [5, 5.41) is 2.66. The molecule has 1 aromatic carbocycles. The number of hydrogen-bond donors (Lipinski definition) is 3. The van der Waals surface area contributed by atoms with Crippen LogP contribution in [0.15, 0.2) is 54.9 Å². The predicted octanol–water partition coefficient (Wildman–Crippen LogP) is 2.10. The van der Waals surface area contributed by atoms with Crippen LogP contribution in [0.3, 0.4) is 0 Å². The van der Waals surface area contributed by atoms with Gasteiger partial charge < -0.3 is 10.3 Å². The normalized spacial score (nSPS) is 11.1. The number of aromatic amines is 1. The first-order chi connectivity index (χ1) is 11.9. The Balaban J connectivity index is 1.75. The van der Waals surface area contributed by atoms with Gasteiger partial charge in [-0.3, -0.25) is 14.5 Å². The first-order valence-corrected chi connectivity index (χ1v) is 9.15. The molecule has 0 unspecified atom stereocenters. The molecule has 0 fully saturated rings. The lowest BCUT2D eigenvalue weighted by molar-refractivity contribution is 0.101. The van der Waals surface area contributed by atoms with Crippen molar-refractivity contribution in [1.82, 2.24) is 15.0 Å². The van der Waals surface area contributed by atoms with Crippen LogP contribution < -0.4 is 10.0 Å². The molecule has 0 saturated heterocycles. The number of pyridine rings is 1. The van der Waals surface area contributed by atoms with Crippen LogP contribution in [0.5, 0.6) is 0 Å². The highest BCUT2D eigenvalue weighted by Gasteiger charge is 2.12. The van der Waals surface area contributed by atoms with E-state index in [-0.39, 0.29) is 5.82 Å². The summed E-state index contributed by atoms with van der Waals surface area (Å²) >= 11 is 0. The van der Waals surface area contributed by atoms with Crippen LogP contribution in [0.25, 0.3) is 11.4 Å². The number of rotatable bonds is 5. The Hall–Kier alpha value is -3.20. The van der Waals surface area contributed by atoms with Gasteiger partial charge in [0, 0.05) is 11.9 Å². The van der Waals surface area contributed by atoms with Crippen molar-refractivity contribution in [2.45, 2.75) is 0 Å². The number of nitrogens with zero attached hydrogens (tertiary/aromatic N) is 2. The molecule has 25 heavy (non-hydrogen) atoms. The lowest BCUT2D eigenvalue weighted by atomic mass is 10.3. The highest BCUT2D eigenvalue weighted by atomic mass is 32.2. The number of hydrogen-bond acceptors (Lipinski definition) is 5. The van der Waals surface area contributed by atoms with Crippen molar-refractivity contribution in [3.05, 3.63) is 60.7 Å². The molecule has 0 radical (unpaired) electrons. The van der Waals surface area contributed by atoms with Crippen LogP contribution in [-0.2, 0) is 10.0 Å². The molecule has 3 rings (SSSR count). The zero-order chi connectivity index (χ0) is 17.9. The van der Waals surface area contributed by atoms with E-state index in [9.17, 15) is 13.2 Å². The number of sulfonamides is 1. The molecule has 0 aliphatic heterocycles. The fourth-order valence-corrected chi connectivity index (χ4v) is 2.71. The number of imidazole rings is 1. The van der Waals surface area contributed by atoms with Gasteiger partial charge in [0.15, 0.2) is 5.82 Å². The number of H-pyrrole nitrogens is 1. The van der Waals surface area contributed by atoms with Crippen molar-refractivity contribution in [3.63, 3.8) is 0 Å². The van der Waals surface area contributed by atoms with E-state index < -0.39 is 15.9 Å². The molecule has 8 nitrogen and oxygen atoms in total. The standard InChI is InChI=1S/C16H15N5O3S/c1-25(23,24)21-12-6-4-5-11(9-12)19-16(22)15-18-10-14(20-15)13-7-2-3-8-17-13/h2-10,21H,1H3,(H,18,20)(H,19,22). The number of nitrogens with one attached hydrogen (secondary N) is 3. The van der Waals surface area contributed by atoms with Gasteiger partial charge >= 0.3 is 0 Å². The molecule has 128 valence electrons. The number of benzene rings is 1. The van der Waals surface area contributed by atoms with Crippen LogP contribution in [-0.4, -0.2) is 35.5 Å². The summed E-state index contributed by atoms with van der Waals surface area (Å²) in [5.41, 5.74) is 2.09. The summed E-state index contributed by atoms with van der Waals surface area (Å²) < 4.78 is 24.9. The molecule has 9 heteroatoms. The largest absolute Gasteiger partial charge is 0.333 e. The summed E-state index contributed by atoms with van der Waals surface area (Å²) in [4.78, 5) is 23.4. The zero-order valence-electron chi connectivity index (χ0n) is 13.2. The molecule has 0 saturated carbocycles. The minimum Gasteiger partial charge on any atom is -0.333 e. The van der Waals surface area contributed by atoms with Gasteiger partial charge in [0.05, 0.1) is 29.5 Å². The average molecular weight is 357 g/mol. The van der Waals surface area contributed by atoms with Gasteiger partial charge in [0.25, 0.3) is 5.91 Å².